The van der Waals surface area contributed by atoms with E-state index in [1.165, 1.54) is 10.8 Å². The van der Waals surface area contributed by atoms with Crippen LogP contribution in [0.15, 0.2) is 9.98 Å². The highest BCUT2D eigenvalue weighted by molar-refractivity contribution is 9.10. The summed E-state index contributed by atoms with van der Waals surface area (Å²) in [6.45, 7) is 1.10. The number of thioether (sulfide) groups is 1. The van der Waals surface area contributed by atoms with Crippen LogP contribution in [-0.4, -0.2) is 23.0 Å². The summed E-state index contributed by atoms with van der Waals surface area (Å²) in [7, 11) is 0. The smallest absolute Gasteiger partial charge is 0.117 e. The Morgan fingerprint density at radius 2 is 2.58 bits per heavy atom. The van der Waals surface area contributed by atoms with Crippen molar-refractivity contribution in [1.82, 2.24) is 10.3 Å². The third kappa shape index (κ3) is 2.02. The Morgan fingerprint density at radius 1 is 1.67 bits per heavy atom. The monoisotopic (exact) mass is 264 g/mol. The molecule has 0 saturated carbocycles. The number of aromatic nitrogens is 1. The minimum Gasteiger partial charge on any atom is -0.306 e. The van der Waals surface area contributed by atoms with E-state index in [0.717, 1.165) is 16.9 Å². The van der Waals surface area contributed by atoms with Crippen molar-refractivity contribution in [3.63, 3.8) is 0 Å². The molecule has 2 rings (SSSR count). The van der Waals surface area contributed by atoms with E-state index in [0.29, 0.717) is 6.04 Å². The van der Waals surface area contributed by atoms with Gasteiger partial charge in [0.25, 0.3) is 0 Å². The maximum Gasteiger partial charge on any atom is 0.117 e. The van der Waals surface area contributed by atoms with Crippen molar-refractivity contribution in [2.24, 2.45) is 0 Å². The van der Waals surface area contributed by atoms with Crippen LogP contribution in [-0.2, 0) is 0 Å². The largest absolute Gasteiger partial charge is 0.306 e. The van der Waals surface area contributed by atoms with Crippen LogP contribution in [0.1, 0.15) is 11.0 Å². The standard InChI is InChI=1S/C7H9BrN2S2/c8-6-4-12-7(10-6)5-3-11-2-1-9-5/h4-5,9H,1-3H2. The molecular formula is C7H9BrN2S2. The summed E-state index contributed by atoms with van der Waals surface area (Å²) in [6.07, 6.45) is 0. The Labute approximate surface area is 88.3 Å². The van der Waals surface area contributed by atoms with E-state index in [2.05, 4.69) is 26.2 Å². The van der Waals surface area contributed by atoms with Gasteiger partial charge in [0, 0.05) is 23.4 Å². The zero-order valence-electron chi connectivity index (χ0n) is 6.42. The predicted octanol–water partition coefficient (Wildman–Crippen LogP) is 2.28. The van der Waals surface area contributed by atoms with Gasteiger partial charge in [-0.1, -0.05) is 0 Å². The van der Waals surface area contributed by atoms with Crippen molar-refractivity contribution in [2.75, 3.05) is 18.1 Å². The second kappa shape index (κ2) is 4.09. The first-order valence-electron chi connectivity index (χ1n) is 3.78. The van der Waals surface area contributed by atoms with Crippen LogP contribution in [0.4, 0.5) is 0 Å². The highest BCUT2D eigenvalue weighted by Crippen LogP contribution is 2.26. The predicted molar refractivity (Wildman–Crippen MR) is 57.9 cm³/mol. The fourth-order valence-electron chi connectivity index (χ4n) is 1.15. The molecule has 0 aliphatic carbocycles. The van der Waals surface area contributed by atoms with Crippen LogP contribution in [0.3, 0.4) is 0 Å². The van der Waals surface area contributed by atoms with Gasteiger partial charge >= 0.3 is 0 Å². The van der Waals surface area contributed by atoms with E-state index in [-0.39, 0.29) is 0 Å². The van der Waals surface area contributed by atoms with Gasteiger partial charge in [0.2, 0.25) is 0 Å². The lowest BCUT2D eigenvalue weighted by atomic mass is 10.3. The van der Waals surface area contributed by atoms with E-state index in [4.69, 9.17) is 0 Å². The quantitative estimate of drug-likeness (QED) is 0.843. The summed E-state index contributed by atoms with van der Waals surface area (Å²) >= 11 is 7.08. The zero-order valence-corrected chi connectivity index (χ0v) is 9.64. The first kappa shape index (κ1) is 8.99. The summed E-state index contributed by atoms with van der Waals surface area (Å²) < 4.78 is 0.958. The Kier molecular flexibility index (Phi) is 3.06. The van der Waals surface area contributed by atoms with E-state index in [1.807, 2.05) is 17.1 Å². The molecule has 1 atom stereocenters. The van der Waals surface area contributed by atoms with Gasteiger partial charge in [0.05, 0.1) is 6.04 Å². The second-order valence-electron chi connectivity index (χ2n) is 2.59. The molecule has 0 radical (unpaired) electrons. The van der Waals surface area contributed by atoms with Gasteiger partial charge in [-0.05, 0) is 15.9 Å². The van der Waals surface area contributed by atoms with Crippen molar-refractivity contribution in [2.45, 2.75) is 6.04 Å². The average molecular weight is 265 g/mol. The van der Waals surface area contributed by atoms with E-state index < -0.39 is 0 Å². The molecule has 0 aromatic carbocycles. The number of thiazole rings is 1. The fraction of sp³-hybridized carbons (Fsp3) is 0.571. The first-order chi connectivity index (χ1) is 5.86. The minimum absolute atomic E-state index is 0.472. The fourth-order valence-corrected chi connectivity index (χ4v) is 3.54. The molecule has 1 fully saturated rings. The van der Waals surface area contributed by atoms with Crippen molar-refractivity contribution in [3.8, 4) is 0 Å². The number of hydrogen-bond acceptors (Lipinski definition) is 4. The van der Waals surface area contributed by atoms with Gasteiger partial charge in [-0.25, -0.2) is 4.98 Å². The molecule has 2 heterocycles. The molecule has 5 heteroatoms. The molecule has 1 unspecified atom stereocenters. The lowest BCUT2D eigenvalue weighted by Crippen LogP contribution is -2.30. The van der Waals surface area contributed by atoms with Gasteiger partial charge in [-0.15, -0.1) is 11.3 Å². The number of hydrogen-bond donors (Lipinski definition) is 1. The molecular weight excluding hydrogens is 256 g/mol. The molecule has 1 aliphatic heterocycles. The van der Waals surface area contributed by atoms with Crippen LogP contribution in [0.2, 0.25) is 0 Å². The SMILES string of the molecule is Brc1csc(C2CSCCN2)n1. The normalized spacial score (nSPS) is 24.2. The lowest BCUT2D eigenvalue weighted by Gasteiger charge is -2.20. The number of nitrogens with zero attached hydrogens (tertiary/aromatic N) is 1. The van der Waals surface area contributed by atoms with Crippen molar-refractivity contribution >= 4 is 39.0 Å². The highest BCUT2D eigenvalue weighted by Gasteiger charge is 2.17. The van der Waals surface area contributed by atoms with Crippen molar-refractivity contribution < 1.29 is 0 Å². The molecule has 0 bridgehead atoms. The molecule has 1 saturated heterocycles. The summed E-state index contributed by atoms with van der Waals surface area (Å²) in [5, 5.41) is 6.70. The van der Waals surface area contributed by atoms with Crippen molar-refractivity contribution in [3.05, 3.63) is 15.0 Å². The van der Waals surface area contributed by atoms with Crippen LogP contribution in [0.5, 0.6) is 0 Å². The van der Waals surface area contributed by atoms with Gasteiger partial charge in [-0.2, -0.15) is 11.8 Å². The molecule has 12 heavy (non-hydrogen) atoms. The van der Waals surface area contributed by atoms with E-state index >= 15 is 0 Å². The first-order valence-corrected chi connectivity index (χ1v) is 6.61. The Balaban J connectivity index is 2.08. The third-order valence-electron chi connectivity index (χ3n) is 1.71. The molecule has 1 N–H and O–H groups in total. The lowest BCUT2D eigenvalue weighted by molar-refractivity contribution is 0.591. The van der Waals surface area contributed by atoms with Gasteiger partial charge in [0.1, 0.15) is 9.61 Å². The van der Waals surface area contributed by atoms with Gasteiger partial charge in [-0.3, -0.25) is 0 Å². The van der Waals surface area contributed by atoms with Crippen LogP contribution >= 0.6 is 39.0 Å². The zero-order chi connectivity index (χ0) is 8.39. The Bertz CT molecular complexity index is 258. The molecule has 1 aliphatic rings. The van der Waals surface area contributed by atoms with Crippen LogP contribution in [0.25, 0.3) is 0 Å². The number of halogens is 1. The maximum atomic E-state index is 4.39. The summed E-state index contributed by atoms with van der Waals surface area (Å²) in [5.74, 6) is 2.38. The van der Waals surface area contributed by atoms with Crippen LogP contribution < -0.4 is 5.32 Å². The average Bonchev–Trinajstić information content (AvgIpc) is 2.54. The summed E-state index contributed by atoms with van der Waals surface area (Å²) in [4.78, 5) is 4.39. The number of nitrogens with one attached hydrogen (secondary N) is 1. The third-order valence-corrected chi connectivity index (χ3v) is 4.44. The van der Waals surface area contributed by atoms with Crippen LogP contribution in [0, 0.1) is 0 Å². The minimum atomic E-state index is 0.472. The molecule has 0 amide bonds. The van der Waals surface area contributed by atoms with E-state index in [1.54, 1.807) is 11.3 Å². The van der Waals surface area contributed by atoms with Gasteiger partial charge in [0.15, 0.2) is 0 Å². The summed E-state index contributed by atoms with van der Waals surface area (Å²) in [5.41, 5.74) is 0. The van der Waals surface area contributed by atoms with Gasteiger partial charge < -0.3 is 5.32 Å². The second-order valence-corrected chi connectivity index (χ2v) is 5.44. The Morgan fingerprint density at radius 3 is 3.17 bits per heavy atom. The molecule has 1 aromatic heterocycles. The maximum absolute atomic E-state index is 4.39. The highest BCUT2D eigenvalue weighted by atomic mass is 79.9. The topological polar surface area (TPSA) is 24.9 Å². The molecule has 2 nitrogen and oxygen atoms in total. The Hall–Kier alpha value is 0.420. The van der Waals surface area contributed by atoms with Crippen molar-refractivity contribution in [1.29, 1.82) is 0 Å². The summed E-state index contributed by atoms with van der Waals surface area (Å²) in [6, 6.07) is 0.472. The molecule has 1 aromatic rings. The van der Waals surface area contributed by atoms with E-state index in [9.17, 15) is 0 Å². The molecule has 0 spiro atoms. The molecule has 66 valence electrons. The number of rotatable bonds is 1.